The van der Waals surface area contributed by atoms with E-state index in [1.807, 2.05) is 0 Å². The summed E-state index contributed by atoms with van der Waals surface area (Å²) in [5.74, 6) is 0.569. The lowest BCUT2D eigenvalue weighted by Gasteiger charge is -2.31. The van der Waals surface area contributed by atoms with Gasteiger partial charge in [-0.25, -0.2) is 0 Å². The van der Waals surface area contributed by atoms with Gasteiger partial charge < -0.3 is 4.79 Å². The second-order valence-electron chi connectivity index (χ2n) is 6.07. The summed E-state index contributed by atoms with van der Waals surface area (Å²) in [7, 11) is -1.56. The molecule has 0 aliphatic rings. The van der Waals surface area contributed by atoms with Crippen molar-refractivity contribution in [3.8, 4) is 0 Å². The minimum atomic E-state index is -1.56. The second-order valence-corrected chi connectivity index (χ2v) is 10.8. The monoisotopic (exact) mass is 274 g/mol. The van der Waals surface area contributed by atoms with Crippen LogP contribution in [0.2, 0.25) is 18.6 Å². The average molecular weight is 274 g/mol. The summed E-state index contributed by atoms with van der Waals surface area (Å²) in [5, 5.41) is 1.47. The van der Waals surface area contributed by atoms with Gasteiger partial charge in [0.05, 0.1) is 8.07 Å². The van der Waals surface area contributed by atoms with E-state index in [0.717, 1.165) is 12.7 Å². The molecule has 0 N–H and O–H groups in total. The lowest BCUT2D eigenvalue weighted by Crippen LogP contribution is -2.45. The fraction of sp³-hybridized carbons (Fsp3) is 0.471. The van der Waals surface area contributed by atoms with Crippen molar-refractivity contribution in [1.29, 1.82) is 0 Å². The maximum Gasteiger partial charge on any atom is 0.120 e. The SMILES string of the molecule is CC(C)/C=C/[C@H](CCC=O)[Si](C)(C)c1ccccc1. The van der Waals surface area contributed by atoms with E-state index in [0.29, 0.717) is 17.9 Å². The van der Waals surface area contributed by atoms with Crippen molar-refractivity contribution >= 4 is 19.5 Å². The van der Waals surface area contributed by atoms with Crippen LogP contribution in [-0.2, 0) is 4.79 Å². The number of aldehydes is 1. The van der Waals surface area contributed by atoms with Crippen LogP contribution in [0.25, 0.3) is 0 Å². The molecule has 0 amide bonds. The summed E-state index contributed by atoms with van der Waals surface area (Å²) < 4.78 is 0. The molecule has 1 atom stereocenters. The molecular formula is C17H26OSi. The predicted molar refractivity (Wildman–Crippen MR) is 86.6 cm³/mol. The topological polar surface area (TPSA) is 17.1 Å². The molecule has 0 saturated heterocycles. The third-order valence-corrected chi connectivity index (χ3v) is 7.93. The van der Waals surface area contributed by atoms with Crippen molar-refractivity contribution in [3.63, 3.8) is 0 Å². The van der Waals surface area contributed by atoms with Crippen LogP contribution in [0.3, 0.4) is 0 Å². The van der Waals surface area contributed by atoms with Gasteiger partial charge in [0, 0.05) is 6.42 Å². The largest absolute Gasteiger partial charge is 0.303 e. The first-order valence-corrected chi connectivity index (χ1v) is 10.2. The first-order chi connectivity index (χ1) is 8.98. The maximum atomic E-state index is 10.7. The van der Waals surface area contributed by atoms with Crippen LogP contribution in [0.4, 0.5) is 0 Å². The number of hydrogen-bond donors (Lipinski definition) is 0. The molecule has 0 bridgehead atoms. The summed E-state index contributed by atoms with van der Waals surface area (Å²) in [6.07, 6.45) is 7.32. The van der Waals surface area contributed by atoms with Gasteiger partial charge in [0.15, 0.2) is 0 Å². The zero-order valence-electron chi connectivity index (χ0n) is 12.6. The van der Waals surface area contributed by atoms with E-state index < -0.39 is 8.07 Å². The minimum Gasteiger partial charge on any atom is -0.303 e. The summed E-state index contributed by atoms with van der Waals surface area (Å²) in [5.41, 5.74) is 0.530. The molecule has 0 aliphatic carbocycles. The Kier molecular flexibility index (Phi) is 6.23. The molecule has 1 aromatic carbocycles. The van der Waals surface area contributed by atoms with Crippen LogP contribution < -0.4 is 5.19 Å². The molecule has 0 unspecified atom stereocenters. The van der Waals surface area contributed by atoms with E-state index in [1.165, 1.54) is 5.19 Å². The Hall–Kier alpha value is -1.15. The van der Waals surface area contributed by atoms with E-state index >= 15 is 0 Å². The number of carbonyl (C=O) groups excluding carboxylic acids is 1. The quantitative estimate of drug-likeness (QED) is 0.414. The van der Waals surface area contributed by atoms with E-state index in [9.17, 15) is 4.79 Å². The van der Waals surface area contributed by atoms with Crippen molar-refractivity contribution in [3.05, 3.63) is 42.5 Å². The molecule has 1 aromatic rings. The van der Waals surface area contributed by atoms with E-state index in [1.54, 1.807) is 0 Å². The average Bonchev–Trinajstić information content (AvgIpc) is 2.39. The first kappa shape index (κ1) is 15.9. The van der Waals surface area contributed by atoms with E-state index in [4.69, 9.17) is 0 Å². The molecule has 19 heavy (non-hydrogen) atoms. The Morgan fingerprint density at radius 2 is 1.74 bits per heavy atom. The predicted octanol–water partition coefficient (Wildman–Crippen LogP) is 4.16. The molecule has 0 radical (unpaired) electrons. The highest BCUT2D eigenvalue weighted by atomic mass is 28.3. The second kappa shape index (κ2) is 7.44. The molecule has 0 heterocycles. The van der Waals surface area contributed by atoms with Crippen LogP contribution in [0.15, 0.2) is 42.5 Å². The van der Waals surface area contributed by atoms with Crippen LogP contribution in [0, 0.1) is 5.92 Å². The Morgan fingerprint density at radius 1 is 1.11 bits per heavy atom. The number of hydrogen-bond acceptors (Lipinski definition) is 1. The molecular weight excluding hydrogens is 248 g/mol. The molecule has 0 spiro atoms. The molecule has 1 nitrogen and oxygen atoms in total. The summed E-state index contributed by atoms with van der Waals surface area (Å²) in [4.78, 5) is 10.7. The Bertz CT molecular complexity index is 407. The van der Waals surface area contributed by atoms with Gasteiger partial charge in [-0.3, -0.25) is 0 Å². The maximum absolute atomic E-state index is 10.7. The fourth-order valence-electron chi connectivity index (χ4n) is 2.38. The van der Waals surface area contributed by atoms with E-state index in [-0.39, 0.29) is 0 Å². The third-order valence-electron chi connectivity index (χ3n) is 3.77. The molecule has 0 aromatic heterocycles. The Balaban J connectivity index is 2.97. The molecule has 0 fully saturated rings. The van der Waals surface area contributed by atoms with Crippen LogP contribution >= 0.6 is 0 Å². The first-order valence-electron chi connectivity index (χ1n) is 7.16. The number of carbonyl (C=O) groups is 1. The number of allylic oxidation sites excluding steroid dienone is 2. The van der Waals surface area contributed by atoms with Gasteiger partial charge in [-0.05, 0) is 17.9 Å². The standard InChI is InChI=1S/C17H26OSi/c1-15(2)12-13-17(11-8-14-18)19(3,4)16-9-6-5-7-10-16/h5-7,9-10,12-15,17H,8,11H2,1-4H3/b13-12+/t17-/m0/s1. The Morgan fingerprint density at radius 3 is 2.26 bits per heavy atom. The zero-order valence-corrected chi connectivity index (χ0v) is 13.6. The molecule has 1 rings (SSSR count). The smallest absolute Gasteiger partial charge is 0.120 e. The lowest BCUT2D eigenvalue weighted by atomic mass is 10.1. The van der Waals surface area contributed by atoms with Gasteiger partial charge in [-0.1, -0.05) is 74.6 Å². The van der Waals surface area contributed by atoms with Crippen molar-refractivity contribution in [1.82, 2.24) is 0 Å². The van der Waals surface area contributed by atoms with Crippen molar-refractivity contribution in [2.24, 2.45) is 5.92 Å². The Labute approximate surface area is 118 Å². The van der Waals surface area contributed by atoms with E-state index in [2.05, 4.69) is 69.4 Å². The number of rotatable bonds is 7. The highest BCUT2D eigenvalue weighted by molar-refractivity contribution is 6.91. The lowest BCUT2D eigenvalue weighted by molar-refractivity contribution is -0.107. The summed E-state index contributed by atoms with van der Waals surface area (Å²) in [6, 6.07) is 10.8. The molecule has 2 heteroatoms. The van der Waals surface area contributed by atoms with Crippen molar-refractivity contribution < 1.29 is 4.79 Å². The highest BCUT2D eigenvalue weighted by Crippen LogP contribution is 2.28. The summed E-state index contributed by atoms with van der Waals surface area (Å²) in [6.45, 7) is 9.21. The minimum absolute atomic E-state index is 0.530. The third kappa shape index (κ3) is 4.79. The number of benzene rings is 1. The van der Waals surface area contributed by atoms with Crippen LogP contribution in [0.1, 0.15) is 26.7 Å². The molecule has 104 valence electrons. The van der Waals surface area contributed by atoms with Gasteiger partial charge in [-0.2, -0.15) is 0 Å². The van der Waals surface area contributed by atoms with Crippen LogP contribution in [-0.4, -0.2) is 14.4 Å². The van der Waals surface area contributed by atoms with Gasteiger partial charge in [0.25, 0.3) is 0 Å². The van der Waals surface area contributed by atoms with Crippen molar-refractivity contribution in [2.75, 3.05) is 0 Å². The van der Waals surface area contributed by atoms with Gasteiger partial charge in [0.2, 0.25) is 0 Å². The zero-order chi connectivity index (χ0) is 14.3. The summed E-state index contributed by atoms with van der Waals surface area (Å²) >= 11 is 0. The normalized spacial score (nSPS) is 13.9. The van der Waals surface area contributed by atoms with Crippen LogP contribution in [0.5, 0.6) is 0 Å². The van der Waals surface area contributed by atoms with Crippen molar-refractivity contribution in [2.45, 2.75) is 45.3 Å². The highest BCUT2D eigenvalue weighted by Gasteiger charge is 2.31. The molecule has 0 saturated carbocycles. The van der Waals surface area contributed by atoms with Gasteiger partial charge in [-0.15, -0.1) is 0 Å². The van der Waals surface area contributed by atoms with Gasteiger partial charge in [0.1, 0.15) is 6.29 Å². The van der Waals surface area contributed by atoms with Gasteiger partial charge >= 0.3 is 0 Å². The fourth-order valence-corrected chi connectivity index (χ4v) is 5.34. The molecule has 0 aliphatic heterocycles.